The zero-order chi connectivity index (χ0) is 19.2. The summed E-state index contributed by atoms with van der Waals surface area (Å²) < 4.78 is 16.5. The number of hydrogen-bond acceptors (Lipinski definition) is 5. The Morgan fingerprint density at radius 3 is 2.69 bits per heavy atom. The second-order valence-corrected chi connectivity index (χ2v) is 6.91. The standard InChI is InChI=1S/C17H17ClFN3O4/c1-9-4-15(24)22(16(25)21(9)3)14-5-10(11(18)6-12(14)19)13-7-17(2,8-23)26-20-13/h4-6,23H,7-8H2,1-3H3. The molecule has 0 aliphatic carbocycles. The van der Waals surface area contributed by atoms with E-state index >= 15 is 0 Å². The van der Waals surface area contributed by atoms with Crippen molar-refractivity contribution >= 4 is 17.3 Å². The van der Waals surface area contributed by atoms with E-state index in [-0.39, 0.29) is 23.7 Å². The van der Waals surface area contributed by atoms with E-state index in [0.717, 1.165) is 10.6 Å². The number of aliphatic hydroxyl groups excluding tert-OH is 1. The van der Waals surface area contributed by atoms with Gasteiger partial charge in [-0.3, -0.25) is 4.79 Å². The zero-order valence-corrected chi connectivity index (χ0v) is 15.2. The Labute approximate surface area is 152 Å². The van der Waals surface area contributed by atoms with Crippen LogP contribution in [0.25, 0.3) is 5.69 Å². The number of aryl methyl sites for hydroxylation is 1. The number of hydrogen-bond donors (Lipinski definition) is 1. The molecule has 1 aromatic carbocycles. The van der Waals surface area contributed by atoms with E-state index in [4.69, 9.17) is 16.4 Å². The van der Waals surface area contributed by atoms with Crippen LogP contribution < -0.4 is 11.2 Å². The zero-order valence-electron chi connectivity index (χ0n) is 14.4. The van der Waals surface area contributed by atoms with Gasteiger partial charge in [0.05, 0.1) is 23.0 Å². The highest BCUT2D eigenvalue weighted by Crippen LogP contribution is 2.31. The first-order valence-electron chi connectivity index (χ1n) is 7.82. The van der Waals surface area contributed by atoms with Gasteiger partial charge in [-0.15, -0.1) is 0 Å². The fourth-order valence-electron chi connectivity index (χ4n) is 2.70. The molecule has 0 spiro atoms. The molecule has 3 rings (SSSR count). The number of oxime groups is 1. The van der Waals surface area contributed by atoms with Crippen molar-refractivity contribution in [2.24, 2.45) is 12.2 Å². The lowest BCUT2D eigenvalue weighted by molar-refractivity contribution is -0.0428. The quantitative estimate of drug-likeness (QED) is 0.873. The molecular formula is C17H17ClFN3O4. The first-order valence-corrected chi connectivity index (χ1v) is 8.20. The van der Waals surface area contributed by atoms with Crippen molar-refractivity contribution in [3.8, 4) is 5.69 Å². The van der Waals surface area contributed by atoms with Gasteiger partial charge in [0, 0.05) is 30.8 Å². The van der Waals surface area contributed by atoms with Crippen LogP contribution >= 0.6 is 11.6 Å². The lowest BCUT2D eigenvalue weighted by Gasteiger charge is -2.17. The molecule has 1 aliphatic rings. The average molecular weight is 382 g/mol. The summed E-state index contributed by atoms with van der Waals surface area (Å²) in [6.07, 6.45) is 0.245. The van der Waals surface area contributed by atoms with Crippen molar-refractivity contribution < 1.29 is 14.3 Å². The number of aliphatic hydroxyl groups is 1. The Morgan fingerprint density at radius 2 is 2.08 bits per heavy atom. The Balaban J connectivity index is 2.20. The topological polar surface area (TPSA) is 85.8 Å². The third-order valence-corrected chi connectivity index (χ3v) is 4.71. The third kappa shape index (κ3) is 2.95. The number of benzene rings is 1. The molecule has 0 bridgehead atoms. The minimum Gasteiger partial charge on any atom is -0.392 e. The summed E-state index contributed by atoms with van der Waals surface area (Å²) in [5, 5.41) is 13.4. The maximum Gasteiger partial charge on any atom is 0.335 e. The molecule has 1 unspecified atom stereocenters. The molecule has 1 N–H and O–H groups in total. The van der Waals surface area contributed by atoms with E-state index in [2.05, 4.69) is 5.16 Å². The first-order chi connectivity index (χ1) is 12.2. The lowest BCUT2D eigenvalue weighted by atomic mass is 9.96. The summed E-state index contributed by atoms with van der Waals surface area (Å²) in [6, 6.07) is 3.56. The summed E-state index contributed by atoms with van der Waals surface area (Å²) in [4.78, 5) is 30.0. The average Bonchev–Trinajstić information content (AvgIpc) is 2.97. The van der Waals surface area contributed by atoms with Gasteiger partial charge in [0.25, 0.3) is 5.56 Å². The molecule has 2 aromatic rings. The van der Waals surface area contributed by atoms with Crippen molar-refractivity contribution in [1.29, 1.82) is 0 Å². The minimum absolute atomic E-state index is 0.0628. The van der Waals surface area contributed by atoms with Gasteiger partial charge in [0.1, 0.15) is 5.82 Å². The normalized spacial score (nSPS) is 19.4. The maximum atomic E-state index is 14.5. The van der Waals surface area contributed by atoms with E-state index in [1.165, 1.54) is 23.7 Å². The van der Waals surface area contributed by atoms with Gasteiger partial charge in [-0.25, -0.2) is 13.8 Å². The van der Waals surface area contributed by atoms with Gasteiger partial charge in [0.2, 0.25) is 0 Å². The largest absolute Gasteiger partial charge is 0.392 e. The molecule has 2 heterocycles. The van der Waals surface area contributed by atoms with Gasteiger partial charge in [-0.1, -0.05) is 16.8 Å². The first kappa shape index (κ1) is 18.3. The smallest absolute Gasteiger partial charge is 0.335 e. The number of rotatable bonds is 3. The van der Waals surface area contributed by atoms with Gasteiger partial charge in [-0.05, 0) is 26.0 Å². The molecule has 0 saturated carbocycles. The molecule has 1 aromatic heterocycles. The van der Waals surface area contributed by atoms with Crippen molar-refractivity contribution in [2.75, 3.05) is 6.61 Å². The SMILES string of the molecule is Cc1cc(=O)n(-c2cc(C3=NOC(C)(CO)C3)c(Cl)cc2F)c(=O)n1C. The maximum absolute atomic E-state index is 14.5. The van der Waals surface area contributed by atoms with Crippen LogP contribution in [0, 0.1) is 12.7 Å². The Bertz CT molecular complexity index is 1040. The van der Waals surface area contributed by atoms with E-state index < -0.39 is 22.7 Å². The highest BCUT2D eigenvalue weighted by atomic mass is 35.5. The Kier molecular flexibility index (Phi) is 4.49. The third-order valence-electron chi connectivity index (χ3n) is 4.40. The number of nitrogens with zero attached hydrogens (tertiary/aromatic N) is 3. The van der Waals surface area contributed by atoms with Crippen LogP contribution in [0.4, 0.5) is 4.39 Å². The molecule has 1 aliphatic heterocycles. The fraction of sp³-hybridized carbons (Fsp3) is 0.353. The molecule has 9 heteroatoms. The highest BCUT2D eigenvalue weighted by Gasteiger charge is 2.35. The van der Waals surface area contributed by atoms with E-state index in [0.29, 0.717) is 17.0 Å². The van der Waals surface area contributed by atoms with Gasteiger partial charge in [0.15, 0.2) is 5.60 Å². The molecule has 26 heavy (non-hydrogen) atoms. The van der Waals surface area contributed by atoms with Crippen molar-refractivity contribution in [1.82, 2.24) is 9.13 Å². The van der Waals surface area contributed by atoms with Crippen LogP contribution in [0.5, 0.6) is 0 Å². The van der Waals surface area contributed by atoms with E-state index in [1.54, 1.807) is 13.8 Å². The van der Waals surface area contributed by atoms with E-state index in [9.17, 15) is 19.1 Å². The predicted octanol–water partition coefficient (Wildman–Crippen LogP) is 1.51. The van der Waals surface area contributed by atoms with Gasteiger partial charge in [-0.2, -0.15) is 0 Å². The van der Waals surface area contributed by atoms with Crippen LogP contribution in [-0.2, 0) is 11.9 Å². The monoisotopic (exact) mass is 381 g/mol. The lowest BCUT2D eigenvalue weighted by Crippen LogP contribution is -2.38. The predicted molar refractivity (Wildman–Crippen MR) is 94.7 cm³/mol. The molecule has 7 nitrogen and oxygen atoms in total. The fourth-order valence-corrected chi connectivity index (χ4v) is 2.96. The van der Waals surface area contributed by atoms with Crippen LogP contribution in [0.3, 0.4) is 0 Å². The summed E-state index contributed by atoms with van der Waals surface area (Å²) in [5.74, 6) is -0.814. The van der Waals surface area contributed by atoms with E-state index in [1.807, 2.05) is 0 Å². The molecule has 0 amide bonds. The summed E-state index contributed by atoms with van der Waals surface area (Å²) in [7, 11) is 1.49. The number of aromatic nitrogens is 2. The van der Waals surface area contributed by atoms with Crippen molar-refractivity contribution in [2.45, 2.75) is 25.9 Å². The van der Waals surface area contributed by atoms with Crippen LogP contribution in [0.2, 0.25) is 5.02 Å². The summed E-state index contributed by atoms with van der Waals surface area (Å²) in [5.41, 5.74) is -1.27. The molecule has 0 fully saturated rings. The summed E-state index contributed by atoms with van der Waals surface area (Å²) in [6.45, 7) is 3.02. The van der Waals surface area contributed by atoms with Crippen molar-refractivity contribution in [3.05, 3.63) is 61.1 Å². The van der Waals surface area contributed by atoms with Crippen LogP contribution in [0.15, 0.2) is 32.9 Å². The molecule has 0 saturated heterocycles. The van der Waals surface area contributed by atoms with Crippen LogP contribution in [-0.4, -0.2) is 32.2 Å². The van der Waals surface area contributed by atoms with Gasteiger partial charge >= 0.3 is 5.69 Å². The Morgan fingerprint density at radius 1 is 1.38 bits per heavy atom. The molecular weight excluding hydrogens is 365 g/mol. The minimum atomic E-state index is -0.899. The van der Waals surface area contributed by atoms with Crippen molar-refractivity contribution in [3.63, 3.8) is 0 Å². The second-order valence-electron chi connectivity index (χ2n) is 6.50. The molecule has 138 valence electrons. The second kappa shape index (κ2) is 6.37. The van der Waals surface area contributed by atoms with Crippen LogP contribution in [0.1, 0.15) is 24.6 Å². The molecule has 1 atom stereocenters. The molecule has 0 radical (unpaired) electrons. The Hall–Kier alpha value is -2.45. The highest BCUT2D eigenvalue weighted by molar-refractivity contribution is 6.34. The summed E-state index contributed by atoms with van der Waals surface area (Å²) >= 11 is 6.13. The van der Waals surface area contributed by atoms with Gasteiger partial charge < -0.3 is 14.5 Å². The number of halogens is 2.